The third-order valence-corrected chi connectivity index (χ3v) is 5.16. The average Bonchev–Trinajstić information content (AvgIpc) is 2.56. The van der Waals surface area contributed by atoms with Crippen molar-refractivity contribution in [2.24, 2.45) is 0 Å². The van der Waals surface area contributed by atoms with Crippen molar-refractivity contribution in [3.05, 3.63) is 28.8 Å². The van der Waals surface area contributed by atoms with Crippen molar-refractivity contribution in [2.75, 3.05) is 18.4 Å². The van der Waals surface area contributed by atoms with Crippen LogP contribution < -0.4 is 5.32 Å². The number of nitrogens with zero attached hydrogens (tertiary/aromatic N) is 1. The third-order valence-electron chi connectivity index (χ3n) is 4.76. The maximum Gasteiger partial charge on any atom is 0.225 e. The minimum atomic E-state index is -0.260. The summed E-state index contributed by atoms with van der Waals surface area (Å²) in [4.78, 5) is 14.5. The van der Waals surface area contributed by atoms with E-state index in [0.29, 0.717) is 18.0 Å². The van der Waals surface area contributed by atoms with Crippen molar-refractivity contribution in [1.82, 2.24) is 4.90 Å². The SMILES string of the molecule is CCCN(CCC(=O)Nc1ccc(C)c(Cl)c1)[C@@H]1CCCC[C@H]1O. The van der Waals surface area contributed by atoms with Crippen molar-refractivity contribution < 1.29 is 9.90 Å². The van der Waals surface area contributed by atoms with Gasteiger partial charge in [-0.1, -0.05) is 37.4 Å². The largest absolute Gasteiger partial charge is 0.391 e. The molecule has 1 amide bonds. The first kappa shape index (κ1) is 19.2. The van der Waals surface area contributed by atoms with E-state index in [1.165, 1.54) is 0 Å². The number of amides is 1. The minimum absolute atomic E-state index is 0.0127. The standard InChI is InChI=1S/C19H29ClN2O2/c1-3-11-22(17-6-4-5-7-18(17)23)12-10-19(24)21-15-9-8-14(2)16(20)13-15/h8-9,13,17-18,23H,3-7,10-12H2,1-2H3,(H,21,24)/t17-,18-/m1/s1. The quantitative estimate of drug-likeness (QED) is 0.780. The van der Waals surface area contributed by atoms with Gasteiger partial charge in [-0.15, -0.1) is 0 Å². The molecule has 1 aliphatic rings. The van der Waals surface area contributed by atoms with Gasteiger partial charge in [0.2, 0.25) is 5.91 Å². The summed E-state index contributed by atoms with van der Waals surface area (Å²) >= 11 is 6.10. The molecule has 24 heavy (non-hydrogen) atoms. The van der Waals surface area contributed by atoms with Gasteiger partial charge in [0, 0.05) is 29.7 Å². The Morgan fingerprint density at radius 2 is 2.08 bits per heavy atom. The molecule has 0 heterocycles. The number of carbonyl (C=O) groups excluding carboxylic acids is 1. The lowest BCUT2D eigenvalue weighted by molar-refractivity contribution is -0.116. The van der Waals surface area contributed by atoms with Crippen LogP contribution in [0.5, 0.6) is 0 Å². The van der Waals surface area contributed by atoms with Crippen LogP contribution in [0, 0.1) is 6.92 Å². The van der Waals surface area contributed by atoms with Crippen LogP contribution in [0.15, 0.2) is 18.2 Å². The Kier molecular flexibility index (Phi) is 7.53. The van der Waals surface area contributed by atoms with Gasteiger partial charge in [-0.05, 0) is 50.4 Å². The maximum atomic E-state index is 12.2. The smallest absolute Gasteiger partial charge is 0.225 e. The van der Waals surface area contributed by atoms with Gasteiger partial charge in [0.1, 0.15) is 0 Å². The number of anilines is 1. The zero-order valence-corrected chi connectivity index (χ0v) is 15.5. The first-order chi connectivity index (χ1) is 11.5. The molecule has 4 nitrogen and oxygen atoms in total. The summed E-state index contributed by atoms with van der Waals surface area (Å²) in [6.07, 6.45) is 5.36. The number of carbonyl (C=O) groups is 1. The van der Waals surface area contributed by atoms with E-state index in [-0.39, 0.29) is 18.1 Å². The van der Waals surface area contributed by atoms with Crippen LogP contribution in [0.4, 0.5) is 5.69 Å². The molecule has 134 valence electrons. The average molecular weight is 353 g/mol. The molecule has 1 saturated carbocycles. The van der Waals surface area contributed by atoms with Gasteiger partial charge in [0.05, 0.1) is 6.10 Å². The molecular weight excluding hydrogens is 324 g/mol. The fourth-order valence-electron chi connectivity index (χ4n) is 3.39. The van der Waals surface area contributed by atoms with Gasteiger partial charge < -0.3 is 10.4 Å². The Morgan fingerprint density at radius 3 is 2.75 bits per heavy atom. The van der Waals surface area contributed by atoms with Crippen LogP contribution in [-0.2, 0) is 4.79 Å². The predicted octanol–water partition coefficient (Wildman–Crippen LogP) is 3.99. The summed E-state index contributed by atoms with van der Waals surface area (Å²) in [5.74, 6) is -0.0127. The molecule has 0 saturated heterocycles. The Hall–Kier alpha value is -1.10. The summed E-state index contributed by atoms with van der Waals surface area (Å²) in [6.45, 7) is 5.68. The minimum Gasteiger partial charge on any atom is -0.391 e. The molecule has 5 heteroatoms. The highest BCUT2D eigenvalue weighted by molar-refractivity contribution is 6.31. The zero-order valence-electron chi connectivity index (χ0n) is 14.7. The summed E-state index contributed by atoms with van der Waals surface area (Å²) < 4.78 is 0. The molecule has 0 radical (unpaired) electrons. The van der Waals surface area contributed by atoms with E-state index in [2.05, 4.69) is 17.1 Å². The van der Waals surface area contributed by atoms with Crippen molar-refractivity contribution in [3.63, 3.8) is 0 Å². The first-order valence-corrected chi connectivity index (χ1v) is 9.37. The number of halogens is 1. The number of rotatable bonds is 7. The van der Waals surface area contributed by atoms with Gasteiger partial charge in [0.15, 0.2) is 0 Å². The van der Waals surface area contributed by atoms with E-state index in [1.807, 2.05) is 19.1 Å². The van der Waals surface area contributed by atoms with Crippen LogP contribution in [0.25, 0.3) is 0 Å². The Labute approximate surface area is 150 Å². The summed E-state index contributed by atoms with van der Waals surface area (Å²) in [6, 6.07) is 5.75. The van der Waals surface area contributed by atoms with Gasteiger partial charge in [-0.3, -0.25) is 9.69 Å². The number of benzene rings is 1. The highest BCUT2D eigenvalue weighted by Crippen LogP contribution is 2.24. The number of hydrogen-bond acceptors (Lipinski definition) is 3. The molecular formula is C19H29ClN2O2. The second kappa shape index (κ2) is 9.40. The van der Waals surface area contributed by atoms with Gasteiger partial charge in [-0.25, -0.2) is 0 Å². The zero-order chi connectivity index (χ0) is 17.5. The van der Waals surface area contributed by atoms with Crippen molar-refractivity contribution in [1.29, 1.82) is 0 Å². The van der Waals surface area contributed by atoms with Crippen LogP contribution in [0.2, 0.25) is 5.02 Å². The second-order valence-corrected chi connectivity index (χ2v) is 7.12. The highest BCUT2D eigenvalue weighted by Gasteiger charge is 2.28. The molecule has 2 atom stereocenters. The van der Waals surface area contributed by atoms with Gasteiger partial charge in [0.25, 0.3) is 0 Å². The first-order valence-electron chi connectivity index (χ1n) is 8.99. The van der Waals surface area contributed by atoms with Gasteiger partial charge in [-0.2, -0.15) is 0 Å². The Balaban J connectivity index is 1.88. The van der Waals surface area contributed by atoms with Crippen LogP contribution in [0.1, 0.15) is 51.0 Å². The van der Waals surface area contributed by atoms with E-state index in [4.69, 9.17) is 11.6 Å². The van der Waals surface area contributed by atoms with E-state index in [9.17, 15) is 9.90 Å². The fraction of sp³-hybridized carbons (Fsp3) is 0.632. The molecule has 1 aromatic rings. The molecule has 0 aliphatic heterocycles. The van der Waals surface area contributed by atoms with Crippen molar-refractivity contribution in [3.8, 4) is 0 Å². The summed E-state index contributed by atoms with van der Waals surface area (Å²) in [7, 11) is 0. The summed E-state index contributed by atoms with van der Waals surface area (Å²) in [5, 5.41) is 13.8. The Morgan fingerprint density at radius 1 is 1.33 bits per heavy atom. The molecule has 0 aromatic heterocycles. The number of aryl methyl sites for hydroxylation is 1. The Bertz CT molecular complexity index is 550. The van der Waals surface area contributed by atoms with Crippen LogP contribution >= 0.6 is 11.6 Å². The van der Waals surface area contributed by atoms with E-state index in [1.54, 1.807) is 6.07 Å². The molecule has 1 fully saturated rings. The molecule has 1 aliphatic carbocycles. The lowest BCUT2D eigenvalue weighted by atomic mass is 9.91. The van der Waals surface area contributed by atoms with Crippen LogP contribution in [-0.4, -0.2) is 41.1 Å². The number of nitrogens with one attached hydrogen (secondary N) is 1. The molecule has 2 rings (SSSR count). The highest BCUT2D eigenvalue weighted by atomic mass is 35.5. The van der Waals surface area contributed by atoms with E-state index < -0.39 is 0 Å². The topological polar surface area (TPSA) is 52.6 Å². The number of aliphatic hydroxyl groups excluding tert-OH is 1. The van der Waals surface area contributed by atoms with E-state index in [0.717, 1.165) is 49.9 Å². The van der Waals surface area contributed by atoms with Crippen molar-refractivity contribution in [2.45, 2.75) is 64.5 Å². The monoisotopic (exact) mass is 352 g/mol. The summed E-state index contributed by atoms with van der Waals surface area (Å²) in [5.41, 5.74) is 1.73. The van der Waals surface area contributed by atoms with Crippen molar-refractivity contribution >= 4 is 23.2 Å². The van der Waals surface area contributed by atoms with Crippen LogP contribution in [0.3, 0.4) is 0 Å². The molecule has 0 spiro atoms. The fourth-order valence-corrected chi connectivity index (χ4v) is 3.57. The normalized spacial score (nSPS) is 21.0. The number of aliphatic hydroxyl groups is 1. The lowest BCUT2D eigenvalue weighted by Crippen LogP contribution is -2.46. The third kappa shape index (κ3) is 5.47. The molecule has 0 unspecified atom stereocenters. The van der Waals surface area contributed by atoms with E-state index >= 15 is 0 Å². The molecule has 2 N–H and O–H groups in total. The van der Waals surface area contributed by atoms with Gasteiger partial charge >= 0.3 is 0 Å². The second-order valence-electron chi connectivity index (χ2n) is 6.72. The molecule has 1 aromatic carbocycles. The lowest BCUT2D eigenvalue weighted by Gasteiger charge is -2.37. The maximum absolute atomic E-state index is 12.2. The predicted molar refractivity (Wildman–Crippen MR) is 99.6 cm³/mol. The number of hydrogen-bond donors (Lipinski definition) is 2. The molecule has 0 bridgehead atoms.